The van der Waals surface area contributed by atoms with E-state index in [4.69, 9.17) is 22.1 Å². The van der Waals surface area contributed by atoms with Crippen LogP contribution in [0.1, 0.15) is 56.9 Å². The number of esters is 1. The number of primary amides is 1. The highest BCUT2D eigenvalue weighted by Gasteiger charge is 2.44. The van der Waals surface area contributed by atoms with Crippen molar-refractivity contribution in [2.24, 2.45) is 11.7 Å². The summed E-state index contributed by atoms with van der Waals surface area (Å²) in [6.07, 6.45) is 8.46. The van der Waals surface area contributed by atoms with Crippen molar-refractivity contribution in [3.63, 3.8) is 0 Å². The van der Waals surface area contributed by atoms with E-state index in [1.807, 2.05) is 13.0 Å². The average molecular weight is 474 g/mol. The van der Waals surface area contributed by atoms with Crippen LogP contribution in [0.25, 0.3) is 0 Å². The summed E-state index contributed by atoms with van der Waals surface area (Å²) >= 11 is 6.30. The number of halogens is 1. The number of carbonyl (C=O) groups is 2. The molecule has 7 heteroatoms. The second kappa shape index (κ2) is 10.5. The van der Waals surface area contributed by atoms with Crippen LogP contribution in [0.2, 0.25) is 5.02 Å². The zero-order chi connectivity index (χ0) is 23.4. The molecule has 180 valence electrons. The summed E-state index contributed by atoms with van der Waals surface area (Å²) < 4.78 is 5.73. The van der Waals surface area contributed by atoms with Gasteiger partial charge in [-0.3, -0.25) is 9.69 Å². The van der Waals surface area contributed by atoms with Crippen molar-refractivity contribution >= 4 is 29.2 Å². The Kier molecular flexibility index (Phi) is 7.65. The molecule has 33 heavy (non-hydrogen) atoms. The highest BCUT2D eigenvalue weighted by Crippen LogP contribution is 2.37. The van der Waals surface area contributed by atoms with Crippen LogP contribution in [0.4, 0.5) is 5.69 Å². The van der Waals surface area contributed by atoms with Gasteiger partial charge in [0.15, 0.2) is 5.60 Å². The molecule has 0 spiro atoms. The first-order valence-corrected chi connectivity index (χ1v) is 12.7. The first kappa shape index (κ1) is 24.1. The summed E-state index contributed by atoms with van der Waals surface area (Å²) in [7, 11) is 0. The van der Waals surface area contributed by atoms with Gasteiger partial charge in [-0.05, 0) is 88.4 Å². The Morgan fingerprint density at radius 2 is 1.91 bits per heavy atom. The molecule has 1 heterocycles. The van der Waals surface area contributed by atoms with Gasteiger partial charge in [0.05, 0.1) is 0 Å². The van der Waals surface area contributed by atoms with E-state index in [0.29, 0.717) is 24.3 Å². The number of rotatable bonds is 7. The summed E-state index contributed by atoms with van der Waals surface area (Å²) in [6, 6.07) is 6.30. The van der Waals surface area contributed by atoms with E-state index >= 15 is 0 Å². The monoisotopic (exact) mass is 473 g/mol. The maximum absolute atomic E-state index is 12.5. The summed E-state index contributed by atoms with van der Waals surface area (Å²) in [6.45, 7) is 7.16. The highest BCUT2D eigenvalue weighted by molar-refractivity contribution is 6.31. The third-order valence-electron chi connectivity index (χ3n) is 7.70. The minimum atomic E-state index is -1.13. The lowest BCUT2D eigenvalue weighted by Gasteiger charge is -2.39. The normalized spacial score (nSPS) is 26.2. The Hall–Kier alpha value is -2.05. The van der Waals surface area contributed by atoms with Gasteiger partial charge in [0.2, 0.25) is 0 Å². The second-order valence-corrected chi connectivity index (χ2v) is 10.3. The van der Waals surface area contributed by atoms with Crippen LogP contribution in [0.15, 0.2) is 29.8 Å². The molecule has 2 N–H and O–H groups in total. The predicted molar refractivity (Wildman–Crippen MR) is 131 cm³/mol. The van der Waals surface area contributed by atoms with Gasteiger partial charge in [0.25, 0.3) is 5.91 Å². The summed E-state index contributed by atoms with van der Waals surface area (Å²) in [5.74, 6) is -0.312. The number of aryl methyl sites for hydroxylation is 1. The van der Waals surface area contributed by atoms with E-state index in [-0.39, 0.29) is 5.97 Å². The number of nitrogens with zero attached hydrogens (tertiary/aromatic N) is 2. The minimum Gasteiger partial charge on any atom is -0.446 e. The van der Waals surface area contributed by atoms with Gasteiger partial charge >= 0.3 is 5.97 Å². The first-order chi connectivity index (χ1) is 15.9. The van der Waals surface area contributed by atoms with Crippen LogP contribution in [0.5, 0.6) is 0 Å². The molecular weight excluding hydrogens is 438 g/mol. The lowest BCUT2D eigenvalue weighted by molar-refractivity contribution is -0.168. The number of ether oxygens (including phenoxy) is 1. The van der Waals surface area contributed by atoms with E-state index in [1.165, 1.54) is 5.69 Å². The van der Waals surface area contributed by atoms with Crippen molar-refractivity contribution in [2.75, 3.05) is 37.6 Å². The van der Waals surface area contributed by atoms with Gasteiger partial charge in [-0.15, -0.1) is 0 Å². The standard InChI is InChI=1S/C26H36ClN3O3/c1-19-6-7-22(18-23(19)27)30-16-14-29(15-17-30)13-10-20-8-11-26(12-9-20,25(28)32)33-24(31)21-4-2-3-5-21/h4,6-7,18,20H,2-3,5,8-17H2,1H3,(H2,28,32). The van der Waals surface area contributed by atoms with Gasteiger partial charge in [0.1, 0.15) is 0 Å². The fraction of sp³-hybridized carbons (Fsp3) is 0.615. The zero-order valence-electron chi connectivity index (χ0n) is 19.7. The molecule has 2 aliphatic carbocycles. The maximum atomic E-state index is 12.5. The third-order valence-corrected chi connectivity index (χ3v) is 8.11. The van der Waals surface area contributed by atoms with Gasteiger partial charge in [-0.1, -0.05) is 23.7 Å². The quantitative estimate of drug-likeness (QED) is 0.600. The lowest BCUT2D eigenvalue weighted by atomic mass is 9.77. The van der Waals surface area contributed by atoms with Gasteiger partial charge in [0, 0.05) is 42.5 Å². The molecule has 0 aromatic heterocycles. The fourth-order valence-electron chi connectivity index (χ4n) is 5.30. The number of nitrogens with two attached hydrogens (primary N) is 1. The molecular formula is C26H36ClN3O3. The number of amides is 1. The van der Waals surface area contributed by atoms with Crippen LogP contribution in [0, 0.1) is 12.8 Å². The van der Waals surface area contributed by atoms with Crippen molar-refractivity contribution in [3.05, 3.63) is 40.4 Å². The number of piperazine rings is 1. The largest absolute Gasteiger partial charge is 0.446 e. The molecule has 1 amide bonds. The van der Waals surface area contributed by atoms with E-state index in [9.17, 15) is 9.59 Å². The van der Waals surface area contributed by atoms with Crippen LogP contribution in [-0.4, -0.2) is 55.1 Å². The van der Waals surface area contributed by atoms with Crippen LogP contribution in [-0.2, 0) is 14.3 Å². The van der Waals surface area contributed by atoms with Crippen molar-refractivity contribution in [3.8, 4) is 0 Å². The zero-order valence-corrected chi connectivity index (χ0v) is 20.4. The summed E-state index contributed by atoms with van der Waals surface area (Å²) in [4.78, 5) is 29.6. The number of allylic oxidation sites excluding steroid dienone is 1. The fourth-order valence-corrected chi connectivity index (χ4v) is 5.48. The Labute approximate surface area is 202 Å². The summed E-state index contributed by atoms with van der Waals surface area (Å²) in [5, 5.41) is 0.824. The molecule has 0 unspecified atom stereocenters. The second-order valence-electron chi connectivity index (χ2n) is 9.86. The summed E-state index contributed by atoms with van der Waals surface area (Å²) in [5.41, 5.74) is 7.59. The Bertz CT molecular complexity index is 900. The molecule has 3 aliphatic rings. The van der Waals surface area contributed by atoms with E-state index in [2.05, 4.69) is 28.0 Å². The molecule has 0 atom stereocenters. The SMILES string of the molecule is Cc1ccc(N2CCN(CCC3CCC(OC(=O)C4=CCCC4)(C(N)=O)CC3)CC2)cc1Cl. The topological polar surface area (TPSA) is 75.9 Å². The van der Waals surface area contributed by atoms with Crippen molar-refractivity contribution in [2.45, 2.75) is 63.9 Å². The maximum Gasteiger partial charge on any atom is 0.334 e. The molecule has 6 nitrogen and oxygen atoms in total. The van der Waals surface area contributed by atoms with Crippen LogP contribution < -0.4 is 10.6 Å². The van der Waals surface area contributed by atoms with E-state index < -0.39 is 11.5 Å². The molecule has 1 saturated heterocycles. The van der Waals surface area contributed by atoms with E-state index in [0.717, 1.165) is 81.8 Å². The Balaban J connectivity index is 1.22. The average Bonchev–Trinajstić information content (AvgIpc) is 3.36. The molecule has 4 rings (SSSR count). The Morgan fingerprint density at radius 1 is 1.18 bits per heavy atom. The number of benzene rings is 1. The minimum absolute atomic E-state index is 0.350. The molecule has 0 bridgehead atoms. The number of hydrogen-bond donors (Lipinski definition) is 1. The third kappa shape index (κ3) is 5.72. The van der Waals surface area contributed by atoms with E-state index in [1.54, 1.807) is 0 Å². The first-order valence-electron chi connectivity index (χ1n) is 12.3. The van der Waals surface area contributed by atoms with Gasteiger partial charge < -0.3 is 15.4 Å². The molecule has 2 fully saturated rings. The highest BCUT2D eigenvalue weighted by atomic mass is 35.5. The molecule has 0 radical (unpaired) electrons. The van der Waals surface area contributed by atoms with Crippen molar-refractivity contribution < 1.29 is 14.3 Å². The van der Waals surface area contributed by atoms with Gasteiger partial charge in [-0.25, -0.2) is 4.79 Å². The number of hydrogen-bond acceptors (Lipinski definition) is 5. The number of anilines is 1. The lowest BCUT2D eigenvalue weighted by Crippen LogP contribution is -2.50. The van der Waals surface area contributed by atoms with Crippen LogP contribution >= 0.6 is 11.6 Å². The molecule has 1 aliphatic heterocycles. The molecule has 1 aromatic carbocycles. The molecule has 1 aromatic rings. The van der Waals surface area contributed by atoms with Gasteiger partial charge in [-0.2, -0.15) is 0 Å². The Morgan fingerprint density at radius 3 is 2.52 bits per heavy atom. The molecule has 1 saturated carbocycles. The number of carbonyl (C=O) groups excluding carboxylic acids is 2. The van der Waals surface area contributed by atoms with Crippen molar-refractivity contribution in [1.82, 2.24) is 4.90 Å². The van der Waals surface area contributed by atoms with Crippen LogP contribution in [0.3, 0.4) is 0 Å². The smallest absolute Gasteiger partial charge is 0.334 e. The van der Waals surface area contributed by atoms with Crippen molar-refractivity contribution in [1.29, 1.82) is 0 Å². The predicted octanol–water partition coefficient (Wildman–Crippen LogP) is 4.23.